The highest BCUT2D eigenvalue weighted by Crippen LogP contribution is 2.16. The van der Waals surface area contributed by atoms with Crippen LogP contribution in [0.3, 0.4) is 0 Å². The number of hydrogen-bond acceptors (Lipinski definition) is 0. The normalized spacial score (nSPS) is 12.2. The lowest BCUT2D eigenvalue weighted by Gasteiger charge is -2.06. The molecule has 1 aromatic rings. The molecule has 0 nitrogen and oxygen atoms in total. The Morgan fingerprint density at radius 2 is 1.93 bits per heavy atom. The molecule has 76 valence electrons. The summed E-state index contributed by atoms with van der Waals surface area (Å²) in [5, 5.41) is 0. The Hall–Kier alpha value is -1.04. The van der Waals surface area contributed by atoms with Gasteiger partial charge in [0.1, 0.15) is 0 Å². The number of hydrogen-bond donors (Lipinski definition) is 0. The minimum Gasteiger partial charge on any atom is -0.0725 e. The fraction of sp³-hybridized carbons (Fsp3) is 0.429. The average molecular weight is 188 g/mol. The predicted octanol–water partition coefficient (Wildman–Crippen LogP) is 4.44. The molecule has 1 rings (SSSR count). The van der Waals surface area contributed by atoms with E-state index in [-0.39, 0.29) is 0 Å². The Balaban J connectivity index is 2.81. The van der Waals surface area contributed by atoms with Gasteiger partial charge < -0.3 is 0 Å². The fourth-order valence-electron chi connectivity index (χ4n) is 1.72. The molecule has 0 aliphatic heterocycles. The van der Waals surface area contributed by atoms with Gasteiger partial charge in [0.05, 0.1) is 0 Å². The van der Waals surface area contributed by atoms with Crippen LogP contribution in [0.15, 0.2) is 29.8 Å². The summed E-state index contributed by atoms with van der Waals surface area (Å²) >= 11 is 0. The van der Waals surface area contributed by atoms with Gasteiger partial charge in [0.25, 0.3) is 0 Å². The summed E-state index contributed by atoms with van der Waals surface area (Å²) < 4.78 is 0. The van der Waals surface area contributed by atoms with E-state index in [2.05, 4.69) is 58.0 Å². The van der Waals surface area contributed by atoms with Crippen LogP contribution in [0.4, 0.5) is 0 Å². The topological polar surface area (TPSA) is 0 Å². The highest BCUT2D eigenvalue weighted by Gasteiger charge is 1.97. The number of benzene rings is 1. The summed E-state index contributed by atoms with van der Waals surface area (Å²) in [5.74, 6) is 0.746. The molecular formula is C14H20. The Morgan fingerprint density at radius 1 is 1.29 bits per heavy atom. The largest absolute Gasteiger partial charge is 0.0725 e. The molecule has 0 unspecified atom stereocenters. The van der Waals surface area contributed by atoms with E-state index in [0.29, 0.717) is 0 Å². The first-order chi connectivity index (χ1) is 6.59. The van der Waals surface area contributed by atoms with Crippen LogP contribution < -0.4 is 0 Å². The minimum atomic E-state index is 0.746. The molecule has 1 aromatic carbocycles. The fourth-order valence-corrected chi connectivity index (χ4v) is 1.72. The van der Waals surface area contributed by atoms with E-state index in [1.54, 1.807) is 0 Å². The quantitative estimate of drug-likeness (QED) is 0.657. The SMILES string of the molecule is CC(=Cc1ccccc1C)CC(C)C. The Kier molecular flexibility index (Phi) is 3.94. The van der Waals surface area contributed by atoms with Crippen LogP contribution in [0.25, 0.3) is 6.08 Å². The molecule has 0 bridgehead atoms. The molecule has 0 radical (unpaired) electrons. The van der Waals surface area contributed by atoms with E-state index in [1.807, 2.05) is 0 Å². The molecule has 0 fully saturated rings. The maximum Gasteiger partial charge on any atom is -0.0228 e. The lowest BCUT2D eigenvalue weighted by molar-refractivity contribution is 0.644. The maximum absolute atomic E-state index is 2.30. The van der Waals surface area contributed by atoms with Crippen molar-refractivity contribution in [1.82, 2.24) is 0 Å². The third-order valence-corrected chi connectivity index (χ3v) is 2.32. The van der Waals surface area contributed by atoms with E-state index >= 15 is 0 Å². The van der Waals surface area contributed by atoms with Gasteiger partial charge in [-0.15, -0.1) is 0 Å². The Bertz CT molecular complexity index is 319. The van der Waals surface area contributed by atoms with Crippen molar-refractivity contribution in [2.75, 3.05) is 0 Å². The van der Waals surface area contributed by atoms with Crippen molar-refractivity contribution in [3.63, 3.8) is 0 Å². The third-order valence-electron chi connectivity index (χ3n) is 2.32. The molecule has 0 N–H and O–H groups in total. The van der Waals surface area contributed by atoms with Crippen LogP contribution in [-0.4, -0.2) is 0 Å². The lowest BCUT2D eigenvalue weighted by Crippen LogP contribution is -1.88. The van der Waals surface area contributed by atoms with Gasteiger partial charge in [0, 0.05) is 0 Å². The van der Waals surface area contributed by atoms with Crippen LogP contribution in [-0.2, 0) is 0 Å². The highest BCUT2D eigenvalue weighted by atomic mass is 14.0. The van der Waals surface area contributed by atoms with E-state index in [4.69, 9.17) is 0 Å². The first kappa shape index (κ1) is 11.0. The van der Waals surface area contributed by atoms with Crippen molar-refractivity contribution in [2.24, 2.45) is 5.92 Å². The molecule has 14 heavy (non-hydrogen) atoms. The van der Waals surface area contributed by atoms with Crippen molar-refractivity contribution in [1.29, 1.82) is 0 Å². The van der Waals surface area contributed by atoms with Crippen LogP contribution in [0.5, 0.6) is 0 Å². The average Bonchev–Trinajstić information content (AvgIpc) is 2.07. The molecule has 0 amide bonds. The zero-order valence-corrected chi connectivity index (χ0v) is 9.67. The summed E-state index contributed by atoms with van der Waals surface area (Å²) in [6, 6.07) is 8.53. The molecule has 0 heteroatoms. The van der Waals surface area contributed by atoms with Crippen LogP contribution >= 0.6 is 0 Å². The number of aryl methyl sites for hydroxylation is 1. The second-order valence-electron chi connectivity index (χ2n) is 4.45. The molecule has 0 aliphatic carbocycles. The summed E-state index contributed by atoms with van der Waals surface area (Å²) in [6.45, 7) is 8.89. The Morgan fingerprint density at radius 3 is 2.50 bits per heavy atom. The van der Waals surface area contributed by atoms with Crippen molar-refractivity contribution < 1.29 is 0 Å². The Labute approximate surface area is 87.7 Å². The monoisotopic (exact) mass is 188 g/mol. The number of allylic oxidation sites excluding steroid dienone is 1. The predicted molar refractivity (Wildman–Crippen MR) is 64.3 cm³/mol. The van der Waals surface area contributed by atoms with E-state index in [1.165, 1.54) is 23.1 Å². The summed E-state index contributed by atoms with van der Waals surface area (Å²) in [4.78, 5) is 0. The van der Waals surface area contributed by atoms with Gasteiger partial charge in [-0.1, -0.05) is 49.8 Å². The van der Waals surface area contributed by atoms with Gasteiger partial charge in [0.2, 0.25) is 0 Å². The first-order valence-corrected chi connectivity index (χ1v) is 5.32. The molecule has 0 spiro atoms. The lowest BCUT2D eigenvalue weighted by atomic mass is 10.0. The van der Waals surface area contributed by atoms with Crippen LogP contribution in [0.2, 0.25) is 0 Å². The zero-order chi connectivity index (χ0) is 10.6. The van der Waals surface area contributed by atoms with Gasteiger partial charge in [0.15, 0.2) is 0 Å². The molecule has 0 atom stereocenters. The maximum atomic E-state index is 2.30. The third kappa shape index (κ3) is 3.37. The summed E-state index contributed by atoms with van der Waals surface area (Å²) in [5.41, 5.74) is 4.18. The zero-order valence-electron chi connectivity index (χ0n) is 9.67. The van der Waals surface area contributed by atoms with Gasteiger partial charge in [-0.3, -0.25) is 0 Å². The second kappa shape index (κ2) is 4.99. The van der Waals surface area contributed by atoms with E-state index < -0.39 is 0 Å². The highest BCUT2D eigenvalue weighted by molar-refractivity contribution is 5.55. The molecule has 0 heterocycles. The van der Waals surface area contributed by atoms with Gasteiger partial charge in [-0.05, 0) is 37.3 Å². The summed E-state index contributed by atoms with van der Waals surface area (Å²) in [7, 11) is 0. The van der Waals surface area contributed by atoms with Crippen molar-refractivity contribution in [3.05, 3.63) is 41.0 Å². The first-order valence-electron chi connectivity index (χ1n) is 5.32. The second-order valence-corrected chi connectivity index (χ2v) is 4.45. The van der Waals surface area contributed by atoms with Crippen LogP contribution in [0.1, 0.15) is 38.3 Å². The van der Waals surface area contributed by atoms with E-state index in [0.717, 1.165) is 5.92 Å². The van der Waals surface area contributed by atoms with Gasteiger partial charge >= 0.3 is 0 Å². The molecule has 0 aromatic heterocycles. The molecule has 0 aliphatic rings. The molecular weight excluding hydrogens is 168 g/mol. The smallest absolute Gasteiger partial charge is 0.0228 e. The van der Waals surface area contributed by atoms with Crippen molar-refractivity contribution in [3.8, 4) is 0 Å². The van der Waals surface area contributed by atoms with Crippen molar-refractivity contribution in [2.45, 2.75) is 34.1 Å². The molecule has 0 saturated carbocycles. The standard InChI is InChI=1S/C14H20/c1-11(2)9-12(3)10-14-8-6-5-7-13(14)4/h5-8,10-11H,9H2,1-4H3. The van der Waals surface area contributed by atoms with Crippen LogP contribution in [0, 0.1) is 12.8 Å². The number of rotatable bonds is 3. The van der Waals surface area contributed by atoms with E-state index in [9.17, 15) is 0 Å². The minimum absolute atomic E-state index is 0.746. The van der Waals surface area contributed by atoms with Gasteiger partial charge in [-0.2, -0.15) is 0 Å². The molecule has 0 saturated heterocycles. The summed E-state index contributed by atoms with van der Waals surface area (Å²) in [6.07, 6.45) is 3.49. The van der Waals surface area contributed by atoms with Crippen molar-refractivity contribution >= 4 is 6.08 Å². The van der Waals surface area contributed by atoms with Gasteiger partial charge in [-0.25, -0.2) is 0 Å².